The van der Waals surface area contributed by atoms with E-state index in [0.717, 1.165) is 30.4 Å². The summed E-state index contributed by atoms with van der Waals surface area (Å²) < 4.78 is 23.3. The van der Waals surface area contributed by atoms with Crippen molar-refractivity contribution in [1.29, 1.82) is 0 Å². The van der Waals surface area contributed by atoms with Gasteiger partial charge in [-0.2, -0.15) is 0 Å². The van der Waals surface area contributed by atoms with Gasteiger partial charge in [0.15, 0.2) is 12.1 Å². The van der Waals surface area contributed by atoms with Crippen LogP contribution in [0.25, 0.3) is 0 Å². The van der Waals surface area contributed by atoms with Crippen LogP contribution in [0.4, 0.5) is 0 Å². The molecule has 0 bridgehead atoms. The van der Waals surface area contributed by atoms with Gasteiger partial charge in [-0.1, -0.05) is 11.6 Å². The van der Waals surface area contributed by atoms with Gasteiger partial charge in [-0.05, 0) is 52.2 Å². The van der Waals surface area contributed by atoms with Crippen LogP contribution in [0.1, 0.15) is 64.5 Å². The van der Waals surface area contributed by atoms with Crippen molar-refractivity contribution in [2.75, 3.05) is 0 Å². The van der Waals surface area contributed by atoms with Crippen LogP contribution >= 0.6 is 0 Å². The van der Waals surface area contributed by atoms with E-state index in [0.29, 0.717) is 6.42 Å². The minimum absolute atomic E-state index is 0.182. The second kappa shape index (κ2) is 6.14. The molecule has 172 valence electrons. The molecular formula is C25H30O7. The lowest BCUT2D eigenvalue weighted by Crippen LogP contribution is -2.44. The van der Waals surface area contributed by atoms with Crippen LogP contribution in [-0.2, 0) is 19.0 Å². The van der Waals surface area contributed by atoms with Gasteiger partial charge < -0.3 is 28.8 Å². The summed E-state index contributed by atoms with van der Waals surface area (Å²) in [6.45, 7) is 5.63. The number of cyclic esters (lactones) is 1. The van der Waals surface area contributed by atoms with Gasteiger partial charge in [0.1, 0.15) is 5.60 Å². The number of hydrogen-bond acceptors (Lipinski definition) is 7. The summed E-state index contributed by atoms with van der Waals surface area (Å²) in [7, 11) is 0. The molecule has 2 N–H and O–H groups in total. The van der Waals surface area contributed by atoms with E-state index in [-0.39, 0.29) is 23.9 Å². The van der Waals surface area contributed by atoms with Crippen LogP contribution in [-0.4, -0.2) is 39.5 Å². The van der Waals surface area contributed by atoms with Gasteiger partial charge in [-0.25, -0.2) is 4.79 Å². The lowest BCUT2D eigenvalue weighted by atomic mass is 9.72. The van der Waals surface area contributed by atoms with Crippen molar-refractivity contribution in [2.45, 2.75) is 82.3 Å². The first-order valence-electron chi connectivity index (χ1n) is 11.4. The van der Waals surface area contributed by atoms with Gasteiger partial charge in [0, 0.05) is 35.8 Å². The summed E-state index contributed by atoms with van der Waals surface area (Å²) in [4.78, 5) is 12.0. The fraction of sp³-hybridized carbons (Fsp3) is 0.640. The number of esters is 1. The maximum absolute atomic E-state index is 12.0. The van der Waals surface area contributed by atoms with Gasteiger partial charge in [0.25, 0.3) is 0 Å². The van der Waals surface area contributed by atoms with E-state index >= 15 is 0 Å². The zero-order valence-corrected chi connectivity index (χ0v) is 18.7. The number of allylic oxidation sites excluding steroid dienone is 1. The van der Waals surface area contributed by atoms with Crippen molar-refractivity contribution in [3.8, 4) is 0 Å². The van der Waals surface area contributed by atoms with Crippen LogP contribution < -0.4 is 0 Å². The fourth-order valence-corrected chi connectivity index (χ4v) is 7.39. The lowest BCUT2D eigenvalue weighted by Gasteiger charge is -2.36. The topological polar surface area (TPSA) is 98.4 Å². The van der Waals surface area contributed by atoms with Crippen molar-refractivity contribution < 1.29 is 33.6 Å². The summed E-state index contributed by atoms with van der Waals surface area (Å²) in [5.41, 5.74) is -0.353. The van der Waals surface area contributed by atoms with Gasteiger partial charge >= 0.3 is 5.97 Å². The number of rotatable bonds is 3. The number of hydrogen-bond donors (Lipinski definition) is 2. The Balaban J connectivity index is 1.31. The summed E-state index contributed by atoms with van der Waals surface area (Å²) in [6, 6.07) is 1.90. The quantitative estimate of drug-likeness (QED) is 0.546. The van der Waals surface area contributed by atoms with Crippen molar-refractivity contribution in [2.24, 2.45) is 16.7 Å². The number of aliphatic hydroxyl groups is 2. The third kappa shape index (κ3) is 2.54. The Labute approximate surface area is 187 Å². The van der Waals surface area contributed by atoms with E-state index in [4.69, 9.17) is 18.6 Å². The predicted molar refractivity (Wildman–Crippen MR) is 112 cm³/mol. The zero-order valence-electron chi connectivity index (χ0n) is 18.7. The molecule has 7 heteroatoms. The van der Waals surface area contributed by atoms with Gasteiger partial charge in [-0.15, -0.1) is 0 Å². The molecule has 6 rings (SSSR count). The molecule has 2 aliphatic carbocycles. The lowest BCUT2D eigenvalue weighted by molar-refractivity contribution is -0.210. The first-order valence-corrected chi connectivity index (χ1v) is 11.4. The average Bonchev–Trinajstić information content (AvgIpc) is 2.96. The Morgan fingerprint density at radius 2 is 2.06 bits per heavy atom. The molecule has 7 nitrogen and oxygen atoms in total. The summed E-state index contributed by atoms with van der Waals surface area (Å²) in [6.07, 6.45) is 10.6. The van der Waals surface area contributed by atoms with Gasteiger partial charge in [0.2, 0.25) is 0 Å². The monoisotopic (exact) mass is 442 g/mol. The number of fused-ring (bicyclic) bond motifs is 1. The summed E-state index contributed by atoms with van der Waals surface area (Å²) in [5, 5.41) is 22.7. The molecule has 1 aromatic heterocycles. The molecule has 2 saturated heterocycles. The standard InChI is InChI=1S/C25H30O7/c1-21(2)17-12-24(28,32-22(17,3)9-6-18(26)31-21)11-16-5-4-8-23-14-25(16,23)20(27)30-19(23)15-7-10-29-13-15/h5-7,9-10,13,17,19-20,27-28H,4,8,11-12,14H2,1-3H3/t17-,19-,20-,22-,23-,24+,25-/m1/s1. The molecule has 32 heavy (non-hydrogen) atoms. The number of carbonyl (C=O) groups is 1. The molecule has 0 amide bonds. The number of furan rings is 1. The predicted octanol–water partition coefficient (Wildman–Crippen LogP) is 3.53. The second-order valence-corrected chi connectivity index (χ2v) is 11.0. The molecule has 7 atom stereocenters. The molecule has 5 aliphatic rings. The molecule has 1 saturated carbocycles. The number of aliphatic hydroxyl groups excluding tert-OH is 1. The van der Waals surface area contributed by atoms with Crippen molar-refractivity contribution in [3.05, 3.63) is 48.0 Å². The summed E-state index contributed by atoms with van der Waals surface area (Å²) in [5.74, 6) is -2.03. The molecule has 0 spiro atoms. The fourth-order valence-electron chi connectivity index (χ4n) is 7.39. The molecule has 3 fully saturated rings. The maximum atomic E-state index is 12.0. The highest BCUT2D eigenvalue weighted by molar-refractivity contribution is 5.83. The number of carbonyl (C=O) groups excluding carboxylic acids is 1. The zero-order chi connectivity index (χ0) is 22.6. The van der Waals surface area contributed by atoms with Crippen LogP contribution in [0.3, 0.4) is 0 Å². The molecule has 4 heterocycles. The van der Waals surface area contributed by atoms with Crippen LogP contribution in [0.2, 0.25) is 0 Å². The van der Waals surface area contributed by atoms with Crippen molar-refractivity contribution >= 4 is 5.97 Å². The van der Waals surface area contributed by atoms with Gasteiger partial charge in [-0.3, -0.25) is 0 Å². The van der Waals surface area contributed by atoms with Crippen LogP contribution in [0.5, 0.6) is 0 Å². The van der Waals surface area contributed by atoms with Gasteiger partial charge in [0.05, 0.1) is 29.6 Å². The van der Waals surface area contributed by atoms with Crippen molar-refractivity contribution in [3.63, 3.8) is 0 Å². The first-order chi connectivity index (χ1) is 15.0. The van der Waals surface area contributed by atoms with E-state index < -0.39 is 34.7 Å². The Bertz CT molecular complexity index is 1030. The Kier molecular flexibility index (Phi) is 3.97. The van der Waals surface area contributed by atoms with Crippen LogP contribution in [0, 0.1) is 16.7 Å². The van der Waals surface area contributed by atoms with E-state index in [2.05, 4.69) is 6.08 Å². The minimum atomic E-state index is -1.43. The second-order valence-electron chi connectivity index (χ2n) is 11.0. The maximum Gasteiger partial charge on any atom is 0.331 e. The average molecular weight is 443 g/mol. The molecular weight excluding hydrogens is 412 g/mol. The van der Waals surface area contributed by atoms with E-state index in [1.165, 1.54) is 6.08 Å². The molecule has 0 radical (unpaired) electrons. The Morgan fingerprint density at radius 1 is 1.25 bits per heavy atom. The highest BCUT2D eigenvalue weighted by atomic mass is 16.7. The molecule has 0 aromatic carbocycles. The molecule has 0 unspecified atom stereocenters. The Morgan fingerprint density at radius 3 is 2.81 bits per heavy atom. The van der Waals surface area contributed by atoms with Crippen LogP contribution in [0.15, 0.2) is 46.8 Å². The highest BCUT2D eigenvalue weighted by Gasteiger charge is 2.81. The number of ether oxygens (including phenoxy) is 3. The van der Waals surface area contributed by atoms with E-state index in [1.807, 2.05) is 26.8 Å². The molecule has 3 aliphatic heterocycles. The Hall–Kier alpha value is -1.93. The SMILES string of the molecule is CC1(C)OC(=O)C=C[C@@]2(C)O[C@@](O)(CC3=CCC[C@]45C[C@]34[C@H](O)O[C@@H]5c3ccoc3)C[C@H]12. The largest absolute Gasteiger partial charge is 0.472 e. The first kappa shape index (κ1) is 20.7. The minimum Gasteiger partial charge on any atom is -0.472 e. The van der Waals surface area contributed by atoms with Crippen molar-refractivity contribution in [1.82, 2.24) is 0 Å². The third-order valence-corrected chi connectivity index (χ3v) is 8.79. The smallest absolute Gasteiger partial charge is 0.331 e. The normalized spacial score (nSPS) is 48.3. The van der Waals surface area contributed by atoms with E-state index in [1.54, 1.807) is 18.6 Å². The molecule has 1 aromatic rings. The summed E-state index contributed by atoms with van der Waals surface area (Å²) >= 11 is 0. The highest BCUT2D eigenvalue weighted by Crippen LogP contribution is 2.83. The van der Waals surface area contributed by atoms with E-state index in [9.17, 15) is 15.0 Å². The third-order valence-electron chi connectivity index (χ3n) is 8.79.